The Morgan fingerprint density at radius 1 is 1.32 bits per heavy atom. The molecule has 132 valence electrons. The lowest BCUT2D eigenvalue weighted by Gasteiger charge is -2.17. The van der Waals surface area contributed by atoms with Crippen molar-refractivity contribution >= 4 is 17.9 Å². The number of fused-ring (bicyclic) bond motifs is 3. The molecule has 2 aromatic heterocycles. The molecule has 3 rings (SSSR count). The van der Waals surface area contributed by atoms with Gasteiger partial charge in [-0.05, 0) is 32.3 Å². The molecular formula is C16H20N6O3. The number of anilines is 1. The maximum atomic E-state index is 12.1. The van der Waals surface area contributed by atoms with Crippen molar-refractivity contribution in [3.05, 3.63) is 23.0 Å². The van der Waals surface area contributed by atoms with Crippen molar-refractivity contribution < 1.29 is 14.3 Å². The zero-order valence-corrected chi connectivity index (χ0v) is 14.4. The van der Waals surface area contributed by atoms with Gasteiger partial charge in [-0.1, -0.05) is 0 Å². The third-order valence-electron chi connectivity index (χ3n) is 3.91. The van der Waals surface area contributed by atoms with Crippen molar-refractivity contribution in [2.24, 2.45) is 7.05 Å². The normalized spacial score (nSPS) is 12.1. The summed E-state index contributed by atoms with van der Waals surface area (Å²) in [6.45, 7) is 4.39. The average Bonchev–Trinajstić information content (AvgIpc) is 2.92. The van der Waals surface area contributed by atoms with E-state index in [2.05, 4.69) is 25.7 Å². The number of amides is 2. The molecule has 0 saturated heterocycles. The first-order valence-electron chi connectivity index (χ1n) is 8.19. The Morgan fingerprint density at radius 2 is 2.12 bits per heavy atom. The van der Waals surface area contributed by atoms with Crippen molar-refractivity contribution in [3.63, 3.8) is 0 Å². The molecular weight excluding hydrogens is 324 g/mol. The Morgan fingerprint density at radius 3 is 2.84 bits per heavy atom. The number of aryl methyl sites for hydroxylation is 2. The molecule has 0 atom stereocenters. The van der Waals surface area contributed by atoms with Crippen LogP contribution in [0.5, 0.6) is 0 Å². The second-order valence-corrected chi connectivity index (χ2v) is 5.57. The van der Waals surface area contributed by atoms with Gasteiger partial charge in [0.25, 0.3) is 0 Å². The van der Waals surface area contributed by atoms with E-state index in [9.17, 15) is 9.59 Å². The van der Waals surface area contributed by atoms with Crippen molar-refractivity contribution in [3.8, 4) is 11.4 Å². The Kier molecular flexibility index (Phi) is 4.64. The number of carbonyl (C=O) groups excluding carboxylic acids is 2. The molecule has 9 heteroatoms. The van der Waals surface area contributed by atoms with Crippen LogP contribution in [-0.2, 0) is 24.6 Å². The molecule has 0 spiro atoms. The molecule has 0 aromatic carbocycles. The summed E-state index contributed by atoms with van der Waals surface area (Å²) in [5.41, 5.74) is 3.52. The van der Waals surface area contributed by atoms with Gasteiger partial charge in [0.2, 0.25) is 5.95 Å². The summed E-state index contributed by atoms with van der Waals surface area (Å²) in [5, 5.41) is 9.54. The molecule has 2 heterocycles. The van der Waals surface area contributed by atoms with Crippen LogP contribution in [0.1, 0.15) is 35.5 Å². The van der Waals surface area contributed by atoms with Crippen LogP contribution < -0.4 is 10.6 Å². The summed E-state index contributed by atoms with van der Waals surface area (Å²) in [6, 6.07) is -0.365. The summed E-state index contributed by atoms with van der Waals surface area (Å²) in [5.74, 6) is -0.228. The highest BCUT2D eigenvalue weighted by Gasteiger charge is 2.29. The molecule has 1 aliphatic carbocycles. The Labute approximate surface area is 144 Å². The van der Waals surface area contributed by atoms with Crippen LogP contribution in [-0.4, -0.2) is 44.9 Å². The second kappa shape index (κ2) is 6.88. The van der Waals surface area contributed by atoms with Gasteiger partial charge in [0.1, 0.15) is 0 Å². The Hall–Kier alpha value is -2.97. The van der Waals surface area contributed by atoms with Crippen LogP contribution in [0.2, 0.25) is 0 Å². The van der Waals surface area contributed by atoms with Crippen molar-refractivity contribution in [2.75, 3.05) is 18.5 Å². The maximum absolute atomic E-state index is 12.1. The predicted molar refractivity (Wildman–Crippen MR) is 90.3 cm³/mol. The number of esters is 1. The van der Waals surface area contributed by atoms with Gasteiger partial charge in [-0.3, -0.25) is 10.00 Å². The lowest BCUT2D eigenvalue weighted by molar-refractivity contribution is 0.0517. The van der Waals surface area contributed by atoms with Gasteiger partial charge in [0.15, 0.2) is 5.69 Å². The van der Waals surface area contributed by atoms with Gasteiger partial charge in [-0.15, -0.1) is 0 Å². The fourth-order valence-electron chi connectivity index (χ4n) is 2.89. The summed E-state index contributed by atoms with van der Waals surface area (Å²) in [6.07, 6.45) is 3.06. The molecule has 0 unspecified atom stereocenters. The van der Waals surface area contributed by atoms with Gasteiger partial charge < -0.3 is 10.1 Å². The van der Waals surface area contributed by atoms with Gasteiger partial charge in [0, 0.05) is 25.4 Å². The molecule has 2 N–H and O–H groups in total. The second-order valence-electron chi connectivity index (χ2n) is 5.57. The topological polar surface area (TPSA) is 111 Å². The van der Waals surface area contributed by atoms with Crippen LogP contribution in [0.15, 0.2) is 6.20 Å². The van der Waals surface area contributed by atoms with E-state index in [0.29, 0.717) is 37.4 Å². The largest absolute Gasteiger partial charge is 0.461 e. The molecule has 0 aliphatic heterocycles. The van der Waals surface area contributed by atoms with E-state index in [1.807, 2.05) is 6.92 Å². The third-order valence-corrected chi connectivity index (χ3v) is 3.91. The quantitative estimate of drug-likeness (QED) is 0.809. The molecule has 2 aromatic rings. The number of nitrogens with zero attached hydrogens (tertiary/aromatic N) is 4. The van der Waals surface area contributed by atoms with E-state index >= 15 is 0 Å². The summed E-state index contributed by atoms with van der Waals surface area (Å²) in [7, 11) is 1.76. The van der Waals surface area contributed by atoms with Gasteiger partial charge in [0.05, 0.1) is 18.0 Å². The zero-order valence-electron chi connectivity index (χ0n) is 14.4. The van der Waals surface area contributed by atoms with E-state index in [1.54, 1.807) is 24.9 Å². The average molecular weight is 344 g/mol. The van der Waals surface area contributed by atoms with Crippen LogP contribution in [0.25, 0.3) is 11.4 Å². The smallest absolute Gasteiger partial charge is 0.359 e. The number of carbonyl (C=O) groups is 2. The fourth-order valence-corrected chi connectivity index (χ4v) is 2.89. The Balaban J connectivity index is 2.00. The van der Waals surface area contributed by atoms with Crippen LogP contribution >= 0.6 is 0 Å². The van der Waals surface area contributed by atoms with Crippen LogP contribution in [0.3, 0.4) is 0 Å². The van der Waals surface area contributed by atoms with Crippen molar-refractivity contribution in [1.29, 1.82) is 0 Å². The molecule has 0 saturated carbocycles. The summed E-state index contributed by atoms with van der Waals surface area (Å²) >= 11 is 0. The van der Waals surface area contributed by atoms with Crippen molar-refractivity contribution in [2.45, 2.75) is 26.7 Å². The fraction of sp³-hybridized carbons (Fsp3) is 0.438. The first-order valence-corrected chi connectivity index (χ1v) is 8.19. The highest BCUT2D eigenvalue weighted by molar-refractivity contribution is 5.92. The van der Waals surface area contributed by atoms with E-state index < -0.39 is 5.97 Å². The summed E-state index contributed by atoms with van der Waals surface area (Å²) in [4.78, 5) is 32.5. The standard InChI is InChI=1S/C16H20N6O3/c1-4-17-16(24)20-15-18-8-9-6-7-10-12(14(23)25-5-2)21-22(3)13(10)11(9)19-15/h8H,4-7H2,1-3H3,(H2,17,18,19,20,24). The molecule has 0 fully saturated rings. The Bertz CT molecular complexity index is 830. The number of aromatic nitrogens is 4. The molecule has 1 aliphatic rings. The zero-order chi connectivity index (χ0) is 18.0. The minimum absolute atomic E-state index is 0.205. The summed E-state index contributed by atoms with van der Waals surface area (Å²) < 4.78 is 6.71. The van der Waals surface area contributed by atoms with Crippen LogP contribution in [0, 0.1) is 0 Å². The van der Waals surface area contributed by atoms with E-state index in [0.717, 1.165) is 16.8 Å². The number of hydrogen-bond donors (Lipinski definition) is 2. The van der Waals surface area contributed by atoms with Crippen LogP contribution in [0.4, 0.5) is 10.7 Å². The lowest BCUT2D eigenvalue weighted by Crippen LogP contribution is -2.29. The molecule has 25 heavy (non-hydrogen) atoms. The number of rotatable bonds is 4. The highest BCUT2D eigenvalue weighted by atomic mass is 16.5. The molecule has 0 radical (unpaired) electrons. The van der Waals surface area contributed by atoms with E-state index in [-0.39, 0.29) is 12.0 Å². The number of nitrogens with one attached hydrogen (secondary N) is 2. The predicted octanol–water partition coefficient (Wildman–Crippen LogP) is 1.29. The van der Waals surface area contributed by atoms with Gasteiger partial charge in [-0.25, -0.2) is 19.6 Å². The molecule has 2 amide bonds. The minimum Gasteiger partial charge on any atom is -0.461 e. The first-order chi connectivity index (χ1) is 12.0. The van der Waals surface area contributed by atoms with E-state index in [1.165, 1.54) is 0 Å². The van der Waals surface area contributed by atoms with E-state index in [4.69, 9.17) is 4.74 Å². The number of hydrogen-bond acceptors (Lipinski definition) is 6. The SMILES string of the molecule is CCNC(=O)Nc1ncc2c(n1)-c1c(c(C(=O)OCC)nn1C)CC2. The third kappa shape index (κ3) is 3.17. The van der Waals surface area contributed by atoms with Gasteiger partial charge >= 0.3 is 12.0 Å². The molecule has 9 nitrogen and oxygen atoms in total. The van der Waals surface area contributed by atoms with Crippen molar-refractivity contribution in [1.82, 2.24) is 25.1 Å². The highest BCUT2D eigenvalue weighted by Crippen LogP contribution is 2.34. The monoisotopic (exact) mass is 344 g/mol. The number of urea groups is 1. The number of ether oxygens (including phenoxy) is 1. The first kappa shape index (κ1) is 16.9. The molecule has 0 bridgehead atoms. The van der Waals surface area contributed by atoms with Gasteiger partial charge in [-0.2, -0.15) is 5.10 Å². The lowest BCUT2D eigenvalue weighted by atomic mass is 9.93. The minimum atomic E-state index is -0.433. The maximum Gasteiger partial charge on any atom is 0.359 e.